The number of carbonyl (C=O) groups is 2. The molecule has 0 radical (unpaired) electrons. The summed E-state index contributed by atoms with van der Waals surface area (Å²) in [5.74, 6) is 0.626. The number of rotatable bonds is 11. The van der Waals surface area contributed by atoms with Crippen LogP contribution in [0.15, 0.2) is 18.3 Å². The summed E-state index contributed by atoms with van der Waals surface area (Å²) in [7, 11) is 1.56. The molecule has 0 bridgehead atoms. The van der Waals surface area contributed by atoms with Gasteiger partial charge in [-0.3, -0.25) is 9.59 Å². The number of pyridine rings is 1. The van der Waals surface area contributed by atoms with Crippen molar-refractivity contribution in [2.24, 2.45) is 0 Å². The molecular formula is C18H29N3O3. The van der Waals surface area contributed by atoms with Gasteiger partial charge in [0.05, 0.1) is 7.11 Å². The molecule has 0 aromatic carbocycles. The number of carbonyl (C=O) groups excluding carboxylic acids is 2. The second kappa shape index (κ2) is 11.4. The molecule has 0 aliphatic carbocycles. The number of aromatic nitrogens is 1. The molecule has 24 heavy (non-hydrogen) atoms. The monoisotopic (exact) mass is 335 g/mol. The maximum Gasteiger partial charge on any atom is 0.222 e. The minimum atomic E-state index is -0.0453. The van der Waals surface area contributed by atoms with Gasteiger partial charge < -0.3 is 15.0 Å². The van der Waals surface area contributed by atoms with Gasteiger partial charge in [0.15, 0.2) is 0 Å². The van der Waals surface area contributed by atoms with E-state index >= 15 is 0 Å². The molecule has 6 nitrogen and oxygen atoms in total. The molecule has 0 atom stereocenters. The Labute approximate surface area is 144 Å². The van der Waals surface area contributed by atoms with Crippen LogP contribution < -0.4 is 10.1 Å². The van der Waals surface area contributed by atoms with Crippen LogP contribution in [0, 0.1) is 0 Å². The predicted octanol–water partition coefficient (Wildman–Crippen LogP) is 2.53. The van der Waals surface area contributed by atoms with Crippen LogP contribution in [0.4, 0.5) is 0 Å². The molecule has 0 unspecified atom stereocenters. The Balaban J connectivity index is 2.29. The summed E-state index contributed by atoms with van der Waals surface area (Å²) in [6.07, 6.45) is 4.93. The molecule has 0 aliphatic rings. The number of nitrogens with zero attached hydrogens (tertiary/aromatic N) is 2. The number of hydrogen-bond acceptors (Lipinski definition) is 4. The summed E-state index contributed by atoms with van der Waals surface area (Å²) in [5.41, 5.74) is 0.934. The van der Waals surface area contributed by atoms with Crippen molar-refractivity contribution >= 4 is 11.8 Å². The number of ether oxygens (including phenoxy) is 1. The zero-order valence-corrected chi connectivity index (χ0v) is 15.0. The summed E-state index contributed by atoms with van der Waals surface area (Å²) < 4.78 is 5.05. The molecule has 134 valence electrons. The van der Waals surface area contributed by atoms with Crippen LogP contribution in [0.25, 0.3) is 0 Å². The number of nitrogens with one attached hydrogen (secondary N) is 1. The second-order valence-corrected chi connectivity index (χ2v) is 5.72. The lowest BCUT2D eigenvalue weighted by atomic mass is 10.2. The van der Waals surface area contributed by atoms with E-state index in [0.717, 1.165) is 31.5 Å². The summed E-state index contributed by atoms with van der Waals surface area (Å²) in [6, 6.07) is 3.62. The first-order chi connectivity index (χ1) is 11.6. The molecule has 1 rings (SSSR count). The summed E-state index contributed by atoms with van der Waals surface area (Å²) >= 11 is 0. The van der Waals surface area contributed by atoms with Gasteiger partial charge in [-0.2, -0.15) is 0 Å². The maximum atomic E-state index is 12.1. The second-order valence-electron chi connectivity index (χ2n) is 5.72. The van der Waals surface area contributed by atoms with Gasteiger partial charge in [-0.1, -0.05) is 13.8 Å². The fourth-order valence-electron chi connectivity index (χ4n) is 2.42. The molecule has 0 fully saturated rings. The SMILES string of the molecule is CCCN(CCC)C(=O)CCCC(=O)NCc1ccnc(OC)c1. The van der Waals surface area contributed by atoms with E-state index in [-0.39, 0.29) is 11.8 Å². The molecule has 0 saturated heterocycles. The minimum absolute atomic E-state index is 0.0453. The lowest BCUT2D eigenvalue weighted by molar-refractivity contribution is -0.131. The van der Waals surface area contributed by atoms with E-state index in [1.807, 2.05) is 11.0 Å². The number of methoxy groups -OCH3 is 1. The fourth-order valence-corrected chi connectivity index (χ4v) is 2.42. The van der Waals surface area contributed by atoms with E-state index in [1.165, 1.54) is 0 Å². The van der Waals surface area contributed by atoms with E-state index in [2.05, 4.69) is 24.1 Å². The van der Waals surface area contributed by atoms with E-state index in [4.69, 9.17) is 4.74 Å². The fraction of sp³-hybridized carbons (Fsp3) is 0.611. The topological polar surface area (TPSA) is 71.5 Å². The highest BCUT2D eigenvalue weighted by atomic mass is 16.5. The van der Waals surface area contributed by atoms with Gasteiger partial charge in [-0.25, -0.2) is 4.98 Å². The molecule has 0 saturated carbocycles. The van der Waals surface area contributed by atoms with Crippen molar-refractivity contribution in [3.63, 3.8) is 0 Å². The summed E-state index contributed by atoms with van der Waals surface area (Å²) in [6.45, 7) is 6.16. The van der Waals surface area contributed by atoms with E-state index < -0.39 is 0 Å². The molecule has 1 aromatic rings. The molecule has 1 N–H and O–H groups in total. The standard InChI is InChI=1S/C18H29N3O3/c1-4-11-21(12-5-2)18(23)8-6-7-16(22)20-14-15-9-10-19-17(13-15)24-3/h9-10,13H,4-8,11-12,14H2,1-3H3,(H,20,22). The van der Waals surface area contributed by atoms with Crippen molar-refractivity contribution in [1.29, 1.82) is 0 Å². The van der Waals surface area contributed by atoms with Gasteiger partial charge in [0, 0.05) is 44.7 Å². The molecule has 6 heteroatoms. The Morgan fingerprint density at radius 2 is 1.92 bits per heavy atom. The normalized spacial score (nSPS) is 10.3. The Hall–Kier alpha value is -2.11. The smallest absolute Gasteiger partial charge is 0.222 e. The molecule has 1 heterocycles. The van der Waals surface area contributed by atoms with Gasteiger partial charge in [-0.15, -0.1) is 0 Å². The Morgan fingerprint density at radius 3 is 2.54 bits per heavy atom. The van der Waals surface area contributed by atoms with Crippen LogP contribution in [0.1, 0.15) is 51.5 Å². The van der Waals surface area contributed by atoms with E-state index in [1.54, 1.807) is 19.4 Å². The molecule has 0 spiro atoms. The van der Waals surface area contributed by atoms with Crippen LogP contribution in [0.5, 0.6) is 5.88 Å². The third-order valence-electron chi connectivity index (χ3n) is 3.63. The number of hydrogen-bond donors (Lipinski definition) is 1. The number of amides is 2. The molecule has 1 aromatic heterocycles. The van der Waals surface area contributed by atoms with Crippen molar-refractivity contribution < 1.29 is 14.3 Å². The van der Waals surface area contributed by atoms with E-state index in [0.29, 0.717) is 31.7 Å². The molecule has 2 amide bonds. The Kier molecular flexibility index (Phi) is 9.49. The maximum absolute atomic E-state index is 12.1. The van der Waals surface area contributed by atoms with Crippen molar-refractivity contribution in [1.82, 2.24) is 15.2 Å². The van der Waals surface area contributed by atoms with Crippen LogP contribution in [-0.2, 0) is 16.1 Å². The van der Waals surface area contributed by atoms with Crippen LogP contribution in [0.2, 0.25) is 0 Å². The quantitative estimate of drug-likeness (QED) is 0.674. The van der Waals surface area contributed by atoms with Gasteiger partial charge in [-0.05, 0) is 30.9 Å². The molecule has 0 aliphatic heterocycles. The lowest BCUT2D eigenvalue weighted by Crippen LogP contribution is -2.32. The zero-order chi connectivity index (χ0) is 17.8. The van der Waals surface area contributed by atoms with Gasteiger partial charge >= 0.3 is 0 Å². The van der Waals surface area contributed by atoms with Crippen LogP contribution in [-0.4, -0.2) is 41.9 Å². The first-order valence-corrected chi connectivity index (χ1v) is 8.64. The average Bonchev–Trinajstić information content (AvgIpc) is 2.60. The van der Waals surface area contributed by atoms with Crippen molar-refractivity contribution in [2.45, 2.75) is 52.5 Å². The molecular weight excluding hydrogens is 306 g/mol. The first-order valence-electron chi connectivity index (χ1n) is 8.64. The lowest BCUT2D eigenvalue weighted by Gasteiger charge is -2.21. The zero-order valence-electron chi connectivity index (χ0n) is 15.0. The third-order valence-corrected chi connectivity index (χ3v) is 3.63. The van der Waals surface area contributed by atoms with Crippen molar-refractivity contribution in [2.75, 3.05) is 20.2 Å². The highest BCUT2D eigenvalue weighted by Crippen LogP contribution is 2.08. The van der Waals surface area contributed by atoms with Gasteiger partial charge in [0.1, 0.15) is 0 Å². The first kappa shape index (κ1) is 19.9. The highest BCUT2D eigenvalue weighted by molar-refractivity contribution is 5.78. The average molecular weight is 335 g/mol. The van der Waals surface area contributed by atoms with Gasteiger partial charge in [0.25, 0.3) is 0 Å². The van der Waals surface area contributed by atoms with Crippen molar-refractivity contribution in [3.8, 4) is 5.88 Å². The summed E-state index contributed by atoms with van der Waals surface area (Å²) in [5, 5.41) is 2.86. The minimum Gasteiger partial charge on any atom is -0.481 e. The summed E-state index contributed by atoms with van der Waals surface area (Å²) in [4.78, 5) is 29.9. The predicted molar refractivity (Wildman–Crippen MR) is 93.6 cm³/mol. The van der Waals surface area contributed by atoms with E-state index in [9.17, 15) is 9.59 Å². The Bertz CT molecular complexity index is 514. The van der Waals surface area contributed by atoms with Crippen molar-refractivity contribution in [3.05, 3.63) is 23.9 Å². The van der Waals surface area contributed by atoms with Gasteiger partial charge in [0.2, 0.25) is 17.7 Å². The van der Waals surface area contributed by atoms with Crippen LogP contribution in [0.3, 0.4) is 0 Å². The Morgan fingerprint density at radius 1 is 1.21 bits per heavy atom. The third kappa shape index (κ3) is 7.44. The largest absolute Gasteiger partial charge is 0.481 e. The van der Waals surface area contributed by atoms with Crippen LogP contribution >= 0.6 is 0 Å². The highest BCUT2D eigenvalue weighted by Gasteiger charge is 2.12.